The molecule has 0 spiro atoms. The second kappa shape index (κ2) is 12.0. The Kier molecular flexibility index (Phi) is 11.2. The van der Waals surface area contributed by atoms with Crippen molar-refractivity contribution in [1.29, 1.82) is 0 Å². The van der Waals surface area contributed by atoms with Crippen molar-refractivity contribution in [3.8, 4) is 0 Å². The molecule has 0 saturated carbocycles. The Balaban J connectivity index is 4.06. The average molecular weight is 329 g/mol. The summed E-state index contributed by atoms with van der Waals surface area (Å²) in [4.78, 5) is 18.4. The lowest BCUT2D eigenvalue weighted by Crippen LogP contribution is -2.42. The van der Waals surface area contributed by atoms with Gasteiger partial charge in [-0.05, 0) is 40.8 Å². The van der Waals surface area contributed by atoms with E-state index in [2.05, 4.69) is 39.7 Å². The van der Waals surface area contributed by atoms with E-state index >= 15 is 0 Å². The number of hydrogen-bond donors (Lipinski definition) is 3. The molecule has 1 amide bonds. The molecule has 0 aliphatic carbocycles. The molecule has 0 aliphatic heterocycles. The number of alkyl carbamates (subject to hydrolysis) is 1. The molecule has 0 fully saturated rings. The number of nitrogens with zero attached hydrogens (tertiary/aromatic N) is 2. The van der Waals surface area contributed by atoms with Crippen LogP contribution < -0.4 is 16.0 Å². The van der Waals surface area contributed by atoms with Gasteiger partial charge in [-0.2, -0.15) is 0 Å². The third-order valence-corrected chi connectivity index (χ3v) is 3.01. The van der Waals surface area contributed by atoms with Gasteiger partial charge in [0.25, 0.3) is 0 Å². The number of likely N-dealkylation sites (N-methyl/N-ethyl adjacent to an activating group) is 1. The van der Waals surface area contributed by atoms with Crippen molar-refractivity contribution in [2.45, 2.75) is 47.1 Å². The molecule has 0 aromatic heterocycles. The van der Waals surface area contributed by atoms with Crippen molar-refractivity contribution in [2.24, 2.45) is 4.99 Å². The van der Waals surface area contributed by atoms with E-state index in [-0.39, 0.29) is 0 Å². The van der Waals surface area contributed by atoms with E-state index in [1.54, 1.807) is 0 Å². The van der Waals surface area contributed by atoms with E-state index < -0.39 is 11.7 Å². The molecule has 23 heavy (non-hydrogen) atoms. The average Bonchev–Trinajstić information content (AvgIpc) is 2.46. The van der Waals surface area contributed by atoms with Crippen molar-refractivity contribution >= 4 is 12.1 Å². The molecule has 0 aromatic carbocycles. The molecule has 0 saturated heterocycles. The number of aliphatic imine (C=N–C) groups is 1. The third kappa shape index (κ3) is 12.7. The molecule has 0 atom stereocenters. The highest BCUT2D eigenvalue weighted by atomic mass is 16.6. The van der Waals surface area contributed by atoms with Crippen LogP contribution in [0.25, 0.3) is 0 Å². The van der Waals surface area contributed by atoms with Crippen LogP contribution in [0.15, 0.2) is 4.99 Å². The van der Waals surface area contributed by atoms with Gasteiger partial charge in [-0.15, -0.1) is 0 Å². The van der Waals surface area contributed by atoms with Crippen LogP contribution in [0.4, 0.5) is 4.79 Å². The van der Waals surface area contributed by atoms with Crippen LogP contribution in [0.5, 0.6) is 0 Å². The zero-order valence-corrected chi connectivity index (χ0v) is 15.7. The Hall–Kier alpha value is -1.50. The first kappa shape index (κ1) is 21.5. The lowest BCUT2D eigenvalue weighted by atomic mass is 10.2. The number of guanidine groups is 1. The summed E-state index contributed by atoms with van der Waals surface area (Å²) in [6, 6.07) is 0. The first-order valence-corrected chi connectivity index (χ1v) is 8.53. The number of amides is 1. The quantitative estimate of drug-likeness (QED) is 0.339. The highest BCUT2D eigenvalue weighted by Crippen LogP contribution is 2.05. The van der Waals surface area contributed by atoms with Crippen LogP contribution in [0.2, 0.25) is 0 Å². The van der Waals surface area contributed by atoms with Gasteiger partial charge >= 0.3 is 6.09 Å². The number of ether oxygens (including phenoxy) is 1. The van der Waals surface area contributed by atoms with Gasteiger partial charge in [0.1, 0.15) is 5.60 Å². The normalized spacial score (nSPS) is 12.2. The van der Waals surface area contributed by atoms with Crippen molar-refractivity contribution in [3.05, 3.63) is 0 Å². The van der Waals surface area contributed by atoms with Crippen molar-refractivity contribution < 1.29 is 9.53 Å². The van der Waals surface area contributed by atoms with Gasteiger partial charge in [0.2, 0.25) is 0 Å². The maximum atomic E-state index is 11.5. The minimum Gasteiger partial charge on any atom is -0.444 e. The topological polar surface area (TPSA) is 78.0 Å². The highest BCUT2D eigenvalue weighted by Gasteiger charge is 2.15. The maximum Gasteiger partial charge on any atom is 0.407 e. The fourth-order valence-electron chi connectivity index (χ4n) is 1.84. The SMILES string of the molecule is CCNC(=NCCN(CC)CC)NCCNC(=O)OC(C)(C)C. The highest BCUT2D eigenvalue weighted by molar-refractivity contribution is 5.79. The van der Waals surface area contributed by atoms with Crippen LogP contribution >= 0.6 is 0 Å². The molecule has 3 N–H and O–H groups in total. The van der Waals surface area contributed by atoms with Gasteiger partial charge in [0.05, 0.1) is 6.54 Å². The minimum absolute atomic E-state index is 0.400. The molecule has 0 heterocycles. The number of hydrogen-bond acceptors (Lipinski definition) is 4. The zero-order chi connectivity index (χ0) is 17.7. The van der Waals surface area contributed by atoms with Crippen molar-refractivity contribution in [2.75, 3.05) is 45.8 Å². The van der Waals surface area contributed by atoms with E-state index in [4.69, 9.17) is 4.74 Å². The molecule has 0 aromatic rings. The van der Waals surface area contributed by atoms with E-state index in [1.807, 2.05) is 27.7 Å². The number of nitrogens with one attached hydrogen (secondary N) is 3. The Morgan fingerprint density at radius 3 is 2.17 bits per heavy atom. The second-order valence-corrected chi connectivity index (χ2v) is 6.14. The summed E-state index contributed by atoms with van der Waals surface area (Å²) in [6.07, 6.45) is -0.400. The van der Waals surface area contributed by atoms with Gasteiger partial charge in [-0.3, -0.25) is 4.99 Å². The van der Waals surface area contributed by atoms with E-state index in [9.17, 15) is 4.79 Å². The molecule has 0 unspecified atom stereocenters. The number of carbonyl (C=O) groups is 1. The summed E-state index contributed by atoms with van der Waals surface area (Å²) in [6.45, 7) is 17.5. The fraction of sp³-hybridized carbons (Fsp3) is 0.875. The predicted molar refractivity (Wildman–Crippen MR) is 96.0 cm³/mol. The summed E-state index contributed by atoms with van der Waals surface area (Å²) in [5, 5.41) is 9.11. The maximum absolute atomic E-state index is 11.5. The Morgan fingerprint density at radius 1 is 1.04 bits per heavy atom. The minimum atomic E-state index is -0.474. The third-order valence-electron chi connectivity index (χ3n) is 3.01. The molecule has 0 aliphatic rings. The molecular formula is C16H35N5O2. The zero-order valence-electron chi connectivity index (χ0n) is 15.7. The van der Waals surface area contributed by atoms with Crippen LogP contribution in [0, 0.1) is 0 Å². The fourth-order valence-corrected chi connectivity index (χ4v) is 1.84. The largest absolute Gasteiger partial charge is 0.444 e. The molecule has 7 nitrogen and oxygen atoms in total. The number of rotatable bonds is 9. The summed E-state index contributed by atoms with van der Waals surface area (Å²) in [5.74, 6) is 0.769. The molecule has 0 rings (SSSR count). The van der Waals surface area contributed by atoms with E-state index in [1.165, 1.54) is 0 Å². The molecule has 7 heteroatoms. The van der Waals surface area contributed by atoms with Crippen LogP contribution in [-0.2, 0) is 4.74 Å². The van der Waals surface area contributed by atoms with Crippen LogP contribution in [0.1, 0.15) is 41.5 Å². The first-order chi connectivity index (χ1) is 10.8. The molecule has 0 bridgehead atoms. The summed E-state index contributed by atoms with van der Waals surface area (Å²) >= 11 is 0. The van der Waals surface area contributed by atoms with Gasteiger partial charge in [0, 0.05) is 26.2 Å². The van der Waals surface area contributed by atoms with Crippen LogP contribution in [-0.4, -0.2) is 68.4 Å². The Morgan fingerprint density at radius 2 is 1.65 bits per heavy atom. The van der Waals surface area contributed by atoms with Gasteiger partial charge in [-0.25, -0.2) is 4.79 Å². The summed E-state index contributed by atoms with van der Waals surface area (Å²) in [7, 11) is 0. The van der Waals surface area contributed by atoms with Gasteiger partial charge in [0.15, 0.2) is 5.96 Å². The molecular weight excluding hydrogens is 294 g/mol. The summed E-state index contributed by atoms with van der Waals surface area (Å²) < 4.78 is 5.18. The van der Waals surface area contributed by atoms with Gasteiger partial charge in [-0.1, -0.05) is 13.8 Å². The van der Waals surface area contributed by atoms with Crippen molar-refractivity contribution in [3.63, 3.8) is 0 Å². The lowest BCUT2D eigenvalue weighted by molar-refractivity contribution is 0.0529. The Labute approximate surface area is 141 Å². The van der Waals surface area contributed by atoms with Crippen LogP contribution in [0.3, 0.4) is 0 Å². The second-order valence-electron chi connectivity index (χ2n) is 6.14. The lowest BCUT2D eigenvalue weighted by Gasteiger charge is -2.20. The summed E-state index contributed by atoms with van der Waals surface area (Å²) in [5.41, 5.74) is -0.474. The van der Waals surface area contributed by atoms with Gasteiger partial charge < -0.3 is 25.6 Å². The van der Waals surface area contributed by atoms with Crippen molar-refractivity contribution in [1.82, 2.24) is 20.9 Å². The monoisotopic (exact) mass is 329 g/mol. The molecule has 136 valence electrons. The standard InChI is InChI=1S/C16H35N5O2/c1-7-17-14(19-12-13-21(8-2)9-3)18-10-11-20-15(22)23-16(4,5)6/h7-13H2,1-6H3,(H,20,22)(H2,17,18,19). The molecule has 0 radical (unpaired) electrons. The number of carbonyl (C=O) groups excluding carboxylic acids is 1. The Bertz CT molecular complexity index is 349. The first-order valence-electron chi connectivity index (χ1n) is 8.53. The predicted octanol–water partition coefficient (Wildman–Crippen LogP) is 1.41. The smallest absolute Gasteiger partial charge is 0.407 e. The van der Waals surface area contributed by atoms with E-state index in [0.29, 0.717) is 13.1 Å². The van der Waals surface area contributed by atoms with E-state index in [0.717, 1.165) is 38.7 Å².